The van der Waals surface area contributed by atoms with Gasteiger partial charge in [0.05, 0.1) is 0 Å². The number of nitrogens with zero attached hydrogens (tertiary/aromatic N) is 2. The van der Waals surface area contributed by atoms with Gasteiger partial charge in [-0.2, -0.15) is 0 Å². The first-order valence-electron chi connectivity index (χ1n) is 8.99. The highest BCUT2D eigenvalue weighted by atomic mass is 14.9. The molecule has 0 bridgehead atoms. The van der Waals surface area contributed by atoms with E-state index in [9.17, 15) is 0 Å². The Morgan fingerprint density at radius 3 is 2.28 bits per heavy atom. The van der Waals surface area contributed by atoms with Crippen LogP contribution in [-0.2, 0) is 10.8 Å². The lowest BCUT2D eigenvalue weighted by Crippen LogP contribution is -2.23. The van der Waals surface area contributed by atoms with Gasteiger partial charge < -0.3 is 10.6 Å². The molecule has 0 fully saturated rings. The fraction of sp³-hybridized carbons (Fsp3) is 0.524. The van der Waals surface area contributed by atoms with Crippen LogP contribution in [0.25, 0.3) is 0 Å². The quantitative estimate of drug-likeness (QED) is 0.785. The van der Waals surface area contributed by atoms with Crippen molar-refractivity contribution in [3.8, 4) is 0 Å². The van der Waals surface area contributed by atoms with E-state index in [-0.39, 0.29) is 10.8 Å². The molecule has 2 rings (SSSR count). The van der Waals surface area contributed by atoms with Gasteiger partial charge in [0.15, 0.2) is 0 Å². The number of hydrogen-bond donors (Lipinski definition) is 2. The van der Waals surface area contributed by atoms with E-state index in [0.717, 1.165) is 41.4 Å². The molecule has 2 aromatic rings. The molecule has 0 aliphatic carbocycles. The molecule has 4 nitrogen and oxygen atoms in total. The molecule has 2 heterocycles. The minimum atomic E-state index is 0.00872. The van der Waals surface area contributed by atoms with Gasteiger partial charge in [-0.25, -0.2) is 0 Å². The summed E-state index contributed by atoms with van der Waals surface area (Å²) in [5, 5.41) is 6.75. The number of hydrogen-bond acceptors (Lipinski definition) is 4. The van der Waals surface area contributed by atoms with Gasteiger partial charge in [-0.3, -0.25) is 9.97 Å². The third-order valence-electron chi connectivity index (χ3n) is 4.54. The van der Waals surface area contributed by atoms with Crippen molar-refractivity contribution in [2.24, 2.45) is 0 Å². The maximum absolute atomic E-state index is 4.67. The Balaban J connectivity index is 2.05. The van der Waals surface area contributed by atoms with E-state index in [0.29, 0.717) is 0 Å². The van der Waals surface area contributed by atoms with Gasteiger partial charge in [-0.1, -0.05) is 34.6 Å². The third kappa shape index (κ3) is 5.18. The summed E-state index contributed by atoms with van der Waals surface area (Å²) in [7, 11) is 1.94. The van der Waals surface area contributed by atoms with Crippen LogP contribution in [0.2, 0.25) is 0 Å². The average Bonchev–Trinajstić information content (AvgIpc) is 2.53. The van der Waals surface area contributed by atoms with Gasteiger partial charge in [-0.05, 0) is 37.6 Å². The van der Waals surface area contributed by atoms with E-state index >= 15 is 0 Å². The number of aromatic nitrogens is 2. The molecule has 0 aliphatic rings. The molecule has 0 atom stereocenters. The van der Waals surface area contributed by atoms with Crippen LogP contribution in [0.15, 0.2) is 30.5 Å². The minimum Gasteiger partial charge on any atom is -0.388 e. The molecule has 0 amide bonds. The highest BCUT2D eigenvalue weighted by Crippen LogP contribution is 2.28. The Hall–Kier alpha value is -2.10. The SMILES string of the molecule is CNc1ccnc(C(C)(C)CCNc2cc(C)nc(C(C)(C)C)c2)c1. The molecule has 136 valence electrons. The van der Waals surface area contributed by atoms with Crippen LogP contribution in [0.4, 0.5) is 11.4 Å². The molecule has 2 N–H and O–H groups in total. The zero-order valence-corrected chi connectivity index (χ0v) is 16.7. The van der Waals surface area contributed by atoms with Crippen LogP contribution >= 0.6 is 0 Å². The molecule has 0 radical (unpaired) electrons. The number of anilines is 2. The van der Waals surface area contributed by atoms with Crippen LogP contribution < -0.4 is 10.6 Å². The molecule has 25 heavy (non-hydrogen) atoms. The van der Waals surface area contributed by atoms with Crippen molar-refractivity contribution in [2.75, 3.05) is 24.2 Å². The smallest absolute Gasteiger partial charge is 0.0481 e. The largest absolute Gasteiger partial charge is 0.388 e. The van der Waals surface area contributed by atoms with Gasteiger partial charge in [0, 0.05) is 59.1 Å². The number of nitrogens with one attached hydrogen (secondary N) is 2. The summed E-state index contributed by atoms with van der Waals surface area (Å²) in [5.41, 5.74) is 5.60. The van der Waals surface area contributed by atoms with Crippen molar-refractivity contribution in [3.63, 3.8) is 0 Å². The molecule has 0 saturated heterocycles. The number of aryl methyl sites for hydroxylation is 1. The Morgan fingerprint density at radius 1 is 0.960 bits per heavy atom. The van der Waals surface area contributed by atoms with Gasteiger partial charge in [-0.15, -0.1) is 0 Å². The second-order valence-corrected chi connectivity index (χ2v) is 8.37. The zero-order valence-electron chi connectivity index (χ0n) is 16.7. The number of rotatable bonds is 6. The molecule has 2 aromatic heterocycles. The van der Waals surface area contributed by atoms with E-state index in [1.807, 2.05) is 19.3 Å². The maximum atomic E-state index is 4.67. The lowest BCUT2D eigenvalue weighted by atomic mass is 9.85. The van der Waals surface area contributed by atoms with Crippen LogP contribution in [0, 0.1) is 6.92 Å². The summed E-state index contributed by atoms with van der Waals surface area (Å²) >= 11 is 0. The molecule has 0 spiro atoms. The highest BCUT2D eigenvalue weighted by Gasteiger charge is 2.22. The second-order valence-electron chi connectivity index (χ2n) is 8.37. The monoisotopic (exact) mass is 340 g/mol. The van der Waals surface area contributed by atoms with Crippen molar-refractivity contribution < 1.29 is 0 Å². The number of pyridine rings is 2. The van der Waals surface area contributed by atoms with Gasteiger partial charge in [0.1, 0.15) is 0 Å². The van der Waals surface area contributed by atoms with Crippen LogP contribution in [0.5, 0.6) is 0 Å². The standard InChI is InChI=1S/C21H32N4/c1-15-12-17(14-18(25-15)20(2,3)4)23-11-9-21(5,6)19-13-16(22-7)8-10-24-19/h8,10,12-14H,9,11H2,1-7H3,(H,22,24)(H,23,25). The molecule has 0 aromatic carbocycles. The van der Waals surface area contributed by atoms with Crippen molar-refractivity contribution in [2.45, 2.75) is 58.8 Å². The Bertz CT molecular complexity index is 714. The molecule has 0 saturated carbocycles. The zero-order chi connectivity index (χ0) is 18.7. The van der Waals surface area contributed by atoms with Gasteiger partial charge >= 0.3 is 0 Å². The van der Waals surface area contributed by atoms with Gasteiger partial charge in [0.25, 0.3) is 0 Å². The van der Waals surface area contributed by atoms with Crippen molar-refractivity contribution in [3.05, 3.63) is 47.5 Å². The fourth-order valence-electron chi connectivity index (χ4n) is 2.76. The molecular weight excluding hydrogens is 308 g/mol. The predicted molar refractivity (Wildman–Crippen MR) is 108 cm³/mol. The normalized spacial score (nSPS) is 12.1. The summed E-state index contributed by atoms with van der Waals surface area (Å²) in [5.74, 6) is 0. The topological polar surface area (TPSA) is 49.8 Å². The van der Waals surface area contributed by atoms with Gasteiger partial charge in [0.2, 0.25) is 0 Å². The second kappa shape index (κ2) is 7.42. The van der Waals surface area contributed by atoms with Crippen molar-refractivity contribution in [1.29, 1.82) is 0 Å². The van der Waals surface area contributed by atoms with E-state index in [1.54, 1.807) is 0 Å². The highest BCUT2D eigenvalue weighted by molar-refractivity contribution is 5.47. The molecular formula is C21H32N4. The summed E-state index contributed by atoms with van der Waals surface area (Å²) < 4.78 is 0. The first-order valence-corrected chi connectivity index (χ1v) is 8.99. The maximum Gasteiger partial charge on any atom is 0.0481 e. The Kier molecular flexibility index (Phi) is 5.71. The van der Waals surface area contributed by atoms with E-state index in [2.05, 4.69) is 80.3 Å². The van der Waals surface area contributed by atoms with Crippen molar-refractivity contribution >= 4 is 11.4 Å². The summed E-state index contributed by atoms with van der Waals surface area (Å²) in [6.07, 6.45) is 2.87. The Labute approximate surface area is 152 Å². The Morgan fingerprint density at radius 2 is 1.64 bits per heavy atom. The van der Waals surface area contributed by atoms with E-state index < -0.39 is 0 Å². The van der Waals surface area contributed by atoms with Crippen LogP contribution in [0.1, 0.15) is 58.1 Å². The molecule has 0 aliphatic heterocycles. The van der Waals surface area contributed by atoms with Crippen molar-refractivity contribution in [1.82, 2.24) is 9.97 Å². The molecule has 4 heteroatoms. The van der Waals surface area contributed by atoms with Crippen LogP contribution in [0.3, 0.4) is 0 Å². The molecule has 0 unspecified atom stereocenters. The summed E-state index contributed by atoms with van der Waals surface area (Å²) in [6.45, 7) is 14.0. The lowest BCUT2D eigenvalue weighted by Gasteiger charge is -2.25. The average molecular weight is 341 g/mol. The van der Waals surface area contributed by atoms with E-state index in [4.69, 9.17) is 0 Å². The fourth-order valence-corrected chi connectivity index (χ4v) is 2.76. The minimum absolute atomic E-state index is 0.00872. The first kappa shape index (κ1) is 19.2. The first-order chi connectivity index (χ1) is 11.6. The van der Waals surface area contributed by atoms with Crippen LogP contribution in [-0.4, -0.2) is 23.6 Å². The van der Waals surface area contributed by atoms with E-state index in [1.165, 1.54) is 0 Å². The summed E-state index contributed by atoms with van der Waals surface area (Å²) in [6, 6.07) is 8.40. The third-order valence-corrected chi connectivity index (χ3v) is 4.54. The predicted octanol–water partition coefficient (Wildman–Crippen LogP) is 4.90. The summed E-state index contributed by atoms with van der Waals surface area (Å²) in [4.78, 5) is 9.24. The lowest BCUT2D eigenvalue weighted by molar-refractivity contribution is 0.480.